The molecule has 0 saturated carbocycles. The minimum Gasteiger partial charge on any atom is -0.493 e. The van der Waals surface area contributed by atoms with Crippen molar-refractivity contribution in [1.29, 1.82) is 0 Å². The van der Waals surface area contributed by atoms with Gasteiger partial charge < -0.3 is 14.2 Å². The van der Waals surface area contributed by atoms with Crippen LogP contribution in [-0.4, -0.2) is 67.3 Å². The summed E-state index contributed by atoms with van der Waals surface area (Å²) in [6.07, 6.45) is 1.87. The van der Waals surface area contributed by atoms with Gasteiger partial charge in [0.1, 0.15) is 0 Å². The monoisotopic (exact) mass is 448 g/mol. The number of hydrogen-bond donors (Lipinski definition) is 0. The molecule has 2 aromatic heterocycles. The standard InChI is InChI=1S/C26H32N4O3/c1-19-6-5-7-22(28-19)18-30-12-10-29(11-13-30)17-20-8-9-27-23(14-20)21-15-24(31-2)26(33-4)25(16-21)32-3/h5-9,14-16H,10-13,17-18H2,1-4H3. The largest absolute Gasteiger partial charge is 0.493 e. The van der Waals surface area contributed by atoms with Gasteiger partial charge in [0.25, 0.3) is 0 Å². The van der Waals surface area contributed by atoms with Crippen molar-refractivity contribution in [2.45, 2.75) is 20.0 Å². The Labute approximate surface area is 195 Å². The molecule has 0 amide bonds. The summed E-state index contributed by atoms with van der Waals surface area (Å²) >= 11 is 0. The van der Waals surface area contributed by atoms with E-state index in [9.17, 15) is 0 Å². The Morgan fingerprint density at radius 1 is 0.818 bits per heavy atom. The molecule has 174 valence electrons. The number of hydrogen-bond acceptors (Lipinski definition) is 7. The highest BCUT2D eigenvalue weighted by atomic mass is 16.5. The lowest BCUT2D eigenvalue weighted by atomic mass is 10.1. The fourth-order valence-corrected chi connectivity index (χ4v) is 4.24. The van der Waals surface area contributed by atoms with Gasteiger partial charge in [-0.05, 0) is 48.9 Å². The number of piperazine rings is 1. The Balaban J connectivity index is 1.41. The minimum atomic E-state index is 0.582. The molecule has 1 aliphatic heterocycles. The normalized spacial score (nSPS) is 14.8. The third-order valence-electron chi connectivity index (χ3n) is 5.99. The van der Waals surface area contributed by atoms with E-state index in [4.69, 9.17) is 14.2 Å². The Morgan fingerprint density at radius 2 is 1.48 bits per heavy atom. The van der Waals surface area contributed by atoms with Gasteiger partial charge in [-0.15, -0.1) is 0 Å². The summed E-state index contributed by atoms with van der Waals surface area (Å²) in [7, 11) is 4.86. The van der Waals surface area contributed by atoms with Crippen molar-refractivity contribution in [1.82, 2.24) is 19.8 Å². The molecule has 1 aromatic carbocycles. The Morgan fingerprint density at radius 3 is 2.09 bits per heavy atom. The highest BCUT2D eigenvalue weighted by molar-refractivity contribution is 5.69. The smallest absolute Gasteiger partial charge is 0.203 e. The van der Waals surface area contributed by atoms with Crippen LogP contribution in [-0.2, 0) is 13.1 Å². The summed E-state index contributed by atoms with van der Waals surface area (Å²) in [6, 6.07) is 14.3. The second kappa shape index (κ2) is 10.6. The van der Waals surface area contributed by atoms with E-state index in [1.807, 2.05) is 31.3 Å². The van der Waals surface area contributed by atoms with Crippen LogP contribution in [0, 0.1) is 6.92 Å². The lowest BCUT2D eigenvalue weighted by Crippen LogP contribution is -2.45. The molecule has 4 rings (SSSR count). The number of aromatic nitrogens is 2. The van der Waals surface area contributed by atoms with Crippen molar-refractivity contribution >= 4 is 0 Å². The Bertz CT molecular complexity index is 1060. The number of pyridine rings is 2. The fourth-order valence-electron chi connectivity index (χ4n) is 4.24. The molecule has 0 bridgehead atoms. The van der Waals surface area contributed by atoms with Crippen molar-refractivity contribution < 1.29 is 14.2 Å². The number of benzene rings is 1. The van der Waals surface area contributed by atoms with E-state index in [0.717, 1.165) is 61.9 Å². The number of rotatable bonds is 8. The summed E-state index contributed by atoms with van der Waals surface area (Å²) in [5, 5.41) is 0. The zero-order chi connectivity index (χ0) is 23.2. The number of nitrogens with zero attached hydrogens (tertiary/aromatic N) is 4. The maximum absolute atomic E-state index is 5.50. The zero-order valence-electron chi connectivity index (χ0n) is 19.9. The van der Waals surface area contributed by atoms with Gasteiger partial charge in [0.05, 0.1) is 32.7 Å². The predicted octanol–water partition coefficient (Wildman–Crippen LogP) is 3.80. The van der Waals surface area contributed by atoms with Gasteiger partial charge in [-0.1, -0.05) is 6.07 Å². The van der Waals surface area contributed by atoms with Crippen molar-refractivity contribution in [2.75, 3.05) is 47.5 Å². The van der Waals surface area contributed by atoms with Crippen molar-refractivity contribution in [3.63, 3.8) is 0 Å². The third-order valence-corrected chi connectivity index (χ3v) is 5.99. The molecular formula is C26H32N4O3. The van der Waals surface area contributed by atoms with E-state index < -0.39 is 0 Å². The molecule has 0 radical (unpaired) electrons. The van der Waals surface area contributed by atoms with E-state index in [-0.39, 0.29) is 0 Å². The SMILES string of the molecule is COc1cc(-c2cc(CN3CCN(Cc4cccc(C)n4)CC3)ccn2)cc(OC)c1OC. The number of ether oxygens (including phenoxy) is 3. The second-order valence-corrected chi connectivity index (χ2v) is 8.29. The second-order valence-electron chi connectivity index (χ2n) is 8.29. The highest BCUT2D eigenvalue weighted by Crippen LogP contribution is 2.40. The fraction of sp³-hybridized carbons (Fsp3) is 0.385. The average molecular weight is 449 g/mol. The van der Waals surface area contributed by atoms with Gasteiger partial charge in [-0.2, -0.15) is 0 Å². The van der Waals surface area contributed by atoms with Gasteiger partial charge in [-0.25, -0.2) is 0 Å². The van der Waals surface area contributed by atoms with Crippen LogP contribution in [0.15, 0.2) is 48.7 Å². The lowest BCUT2D eigenvalue weighted by Gasteiger charge is -2.34. The first kappa shape index (κ1) is 23.0. The molecule has 0 spiro atoms. The van der Waals surface area contributed by atoms with Gasteiger partial charge in [-0.3, -0.25) is 19.8 Å². The third kappa shape index (κ3) is 5.61. The summed E-state index contributed by atoms with van der Waals surface area (Å²) in [4.78, 5) is 14.2. The first-order valence-corrected chi connectivity index (χ1v) is 11.2. The molecular weight excluding hydrogens is 416 g/mol. The predicted molar refractivity (Wildman–Crippen MR) is 129 cm³/mol. The molecule has 0 aliphatic carbocycles. The molecule has 7 heteroatoms. The van der Waals surface area contributed by atoms with Gasteiger partial charge in [0, 0.05) is 56.7 Å². The summed E-state index contributed by atoms with van der Waals surface area (Å²) in [6.45, 7) is 8.01. The molecule has 0 unspecified atom stereocenters. The molecule has 3 heterocycles. The van der Waals surface area contributed by atoms with Gasteiger partial charge in [0.15, 0.2) is 11.5 Å². The molecule has 1 saturated heterocycles. The van der Waals surface area contributed by atoms with Gasteiger partial charge >= 0.3 is 0 Å². The lowest BCUT2D eigenvalue weighted by molar-refractivity contribution is 0.121. The highest BCUT2D eigenvalue weighted by Gasteiger charge is 2.19. The summed E-state index contributed by atoms with van der Waals surface area (Å²) in [5.41, 5.74) is 5.28. The first-order valence-electron chi connectivity index (χ1n) is 11.2. The minimum absolute atomic E-state index is 0.582. The van der Waals surface area contributed by atoms with Crippen LogP contribution in [0.25, 0.3) is 11.3 Å². The maximum Gasteiger partial charge on any atom is 0.203 e. The quantitative estimate of drug-likeness (QED) is 0.520. The summed E-state index contributed by atoms with van der Waals surface area (Å²) in [5.74, 6) is 1.83. The van der Waals surface area contributed by atoms with E-state index >= 15 is 0 Å². The van der Waals surface area contributed by atoms with Crippen LogP contribution < -0.4 is 14.2 Å². The molecule has 7 nitrogen and oxygen atoms in total. The van der Waals surface area contributed by atoms with E-state index in [1.54, 1.807) is 21.3 Å². The first-order chi connectivity index (χ1) is 16.1. The molecule has 3 aromatic rings. The Hall–Kier alpha value is -3.16. The maximum atomic E-state index is 5.50. The average Bonchev–Trinajstić information content (AvgIpc) is 2.84. The molecule has 1 aliphatic rings. The van der Waals surface area contributed by atoms with Crippen LogP contribution in [0.4, 0.5) is 0 Å². The van der Waals surface area contributed by atoms with E-state index in [0.29, 0.717) is 17.2 Å². The molecule has 1 fully saturated rings. The van der Waals surface area contributed by atoms with Crippen LogP contribution >= 0.6 is 0 Å². The topological polar surface area (TPSA) is 60.0 Å². The number of methoxy groups -OCH3 is 3. The van der Waals surface area contributed by atoms with Crippen LogP contribution in [0.1, 0.15) is 17.0 Å². The van der Waals surface area contributed by atoms with Crippen molar-refractivity contribution in [3.8, 4) is 28.5 Å². The number of aryl methyl sites for hydroxylation is 1. The molecule has 33 heavy (non-hydrogen) atoms. The van der Waals surface area contributed by atoms with Crippen LogP contribution in [0.5, 0.6) is 17.2 Å². The summed E-state index contributed by atoms with van der Waals surface area (Å²) < 4.78 is 16.4. The van der Waals surface area contributed by atoms with E-state index in [2.05, 4.69) is 44.0 Å². The van der Waals surface area contributed by atoms with E-state index in [1.165, 1.54) is 5.56 Å². The van der Waals surface area contributed by atoms with Crippen LogP contribution in [0.3, 0.4) is 0 Å². The van der Waals surface area contributed by atoms with Crippen LogP contribution in [0.2, 0.25) is 0 Å². The molecule has 0 atom stereocenters. The van der Waals surface area contributed by atoms with Crippen molar-refractivity contribution in [3.05, 3.63) is 65.6 Å². The van der Waals surface area contributed by atoms with Gasteiger partial charge in [0.2, 0.25) is 5.75 Å². The van der Waals surface area contributed by atoms with Crippen molar-refractivity contribution in [2.24, 2.45) is 0 Å². The Kier molecular flexibility index (Phi) is 7.42. The zero-order valence-corrected chi connectivity index (χ0v) is 19.9. The molecule has 0 N–H and O–H groups in total.